The maximum absolute atomic E-state index is 4.58. The summed E-state index contributed by atoms with van der Waals surface area (Å²) in [7, 11) is 4.06. The van der Waals surface area contributed by atoms with Crippen LogP contribution >= 0.6 is 0 Å². The van der Waals surface area contributed by atoms with E-state index in [0.717, 1.165) is 22.9 Å². The van der Waals surface area contributed by atoms with Crippen LogP contribution in [0.1, 0.15) is 16.8 Å². The molecule has 5 nitrogen and oxygen atoms in total. The van der Waals surface area contributed by atoms with E-state index in [2.05, 4.69) is 68.8 Å². The second-order valence-electron chi connectivity index (χ2n) is 6.62. The zero-order chi connectivity index (χ0) is 18.5. The van der Waals surface area contributed by atoms with Crippen LogP contribution in [-0.2, 0) is 6.54 Å². The van der Waals surface area contributed by atoms with Crippen molar-refractivity contribution in [1.29, 1.82) is 0 Å². The molecule has 0 fully saturated rings. The Morgan fingerprint density at radius 1 is 0.885 bits per heavy atom. The van der Waals surface area contributed by atoms with E-state index in [1.54, 1.807) is 0 Å². The van der Waals surface area contributed by atoms with Crippen LogP contribution in [0.15, 0.2) is 54.6 Å². The summed E-state index contributed by atoms with van der Waals surface area (Å²) in [6.07, 6.45) is 0. The van der Waals surface area contributed by atoms with Gasteiger partial charge in [0.1, 0.15) is 5.82 Å². The van der Waals surface area contributed by atoms with Crippen LogP contribution in [0.2, 0.25) is 0 Å². The van der Waals surface area contributed by atoms with Crippen LogP contribution in [0.3, 0.4) is 0 Å². The number of aromatic nitrogens is 2. The highest BCUT2D eigenvalue weighted by Crippen LogP contribution is 2.20. The number of hydrogen-bond acceptors (Lipinski definition) is 5. The zero-order valence-electron chi connectivity index (χ0n) is 15.7. The highest BCUT2D eigenvalue weighted by Gasteiger charge is 2.04. The Balaban J connectivity index is 1.69. The molecule has 0 saturated heterocycles. The van der Waals surface area contributed by atoms with Crippen molar-refractivity contribution >= 4 is 23.1 Å². The Morgan fingerprint density at radius 3 is 2.23 bits per heavy atom. The fraction of sp³-hybridized carbons (Fsp3) is 0.238. The SMILES string of the molecule is Cc1ccc(CNc2nc(C)cc(Nc3ccc(N(C)C)cc3)n2)cc1. The van der Waals surface area contributed by atoms with E-state index in [4.69, 9.17) is 0 Å². The Labute approximate surface area is 155 Å². The van der Waals surface area contributed by atoms with Crippen LogP contribution in [0, 0.1) is 13.8 Å². The van der Waals surface area contributed by atoms with Crippen LogP contribution in [0.5, 0.6) is 0 Å². The summed E-state index contributed by atoms with van der Waals surface area (Å²) in [4.78, 5) is 11.1. The molecule has 5 heteroatoms. The first-order valence-electron chi connectivity index (χ1n) is 8.69. The van der Waals surface area contributed by atoms with Gasteiger partial charge in [0.15, 0.2) is 0 Å². The van der Waals surface area contributed by atoms with Gasteiger partial charge in [-0.3, -0.25) is 0 Å². The first-order valence-corrected chi connectivity index (χ1v) is 8.69. The molecule has 0 saturated carbocycles. The third-order valence-electron chi connectivity index (χ3n) is 4.08. The van der Waals surface area contributed by atoms with E-state index in [9.17, 15) is 0 Å². The van der Waals surface area contributed by atoms with E-state index in [0.29, 0.717) is 12.5 Å². The molecule has 3 rings (SSSR count). The zero-order valence-corrected chi connectivity index (χ0v) is 15.7. The van der Waals surface area contributed by atoms with Crippen molar-refractivity contribution in [2.24, 2.45) is 0 Å². The molecule has 0 aliphatic heterocycles. The summed E-state index contributed by atoms with van der Waals surface area (Å²) in [6, 6.07) is 18.6. The van der Waals surface area contributed by atoms with E-state index in [-0.39, 0.29) is 0 Å². The van der Waals surface area contributed by atoms with Crippen molar-refractivity contribution in [1.82, 2.24) is 9.97 Å². The number of anilines is 4. The molecule has 0 aliphatic carbocycles. The second kappa shape index (κ2) is 7.87. The van der Waals surface area contributed by atoms with Gasteiger partial charge in [-0.1, -0.05) is 29.8 Å². The maximum Gasteiger partial charge on any atom is 0.225 e. The maximum atomic E-state index is 4.58. The van der Waals surface area contributed by atoms with Crippen molar-refractivity contribution in [3.05, 3.63) is 71.4 Å². The topological polar surface area (TPSA) is 53.1 Å². The van der Waals surface area contributed by atoms with Crippen molar-refractivity contribution in [2.75, 3.05) is 29.6 Å². The normalized spacial score (nSPS) is 10.5. The van der Waals surface area contributed by atoms with Crippen molar-refractivity contribution in [3.63, 3.8) is 0 Å². The Kier molecular flexibility index (Phi) is 5.37. The number of nitrogens with zero attached hydrogens (tertiary/aromatic N) is 3. The highest BCUT2D eigenvalue weighted by atomic mass is 15.1. The average Bonchev–Trinajstić information content (AvgIpc) is 2.61. The quantitative estimate of drug-likeness (QED) is 0.687. The third-order valence-corrected chi connectivity index (χ3v) is 4.08. The van der Waals surface area contributed by atoms with Gasteiger partial charge < -0.3 is 15.5 Å². The average molecular weight is 347 g/mol. The molecule has 2 aromatic carbocycles. The number of hydrogen-bond donors (Lipinski definition) is 2. The molecule has 0 unspecified atom stereocenters. The van der Waals surface area contributed by atoms with Gasteiger partial charge in [-0.2, -0.15) is 4.98 Å². The fourth-order valence-corrected chi connectivity index (χ4v) is 2.59. The molecule has 0 amide bonds. The lowest BCUT2D eigenvalue weighted by Crippen LogP contribution is -2.08. The number of aryl methyl sites for hydroxylation is 2. The van der Waals surface area contributed by atoms with E-state index in [1.165, 1.54) is 11.1 Å². The number of rotatable bonds is 6. The summed E-state index contributed by atoms with van der Waals surface area (Å²) in [5.74, 6) is 1.40. The number of nitrogens with one attached hydrogen (secondary N) is 2. The van der Waals surface area contributed by atoms with Crippen molar-refractivity contribution in [2.45, 2.75) is 20.4 Å². The minimum absolute atomic E-state index is 0.623. The van der Waals surface area contributed by atoms with E-state index in [1.807, 2.05) is 39.2 Å². The lowest BCUT2D eigenvalue weighted by Gasteiger charge is -2.14. The van der Waals surface area contributed by atoms with Gasteiger partial charge in [0, 0.05) is 43.8 Å². The Morgan fingerprint density at radius 2 is 1.58 bits per heavy atom. The standard InChI is InChI=1S/C21H25N5/c1-15-5-7-17(8-6-15)14-22-21-23-16(2)13-20(25-21)24-18-9-11-19(12-10-18)26(3)4/h5-13H,14H2,1-4H3,(H2,22,23,24,25). The van der Waals surface area contributed by atoms with Gasteiger partial charge in [-0.05, 0) is 43.7 Å². The molecule has 3 aromatic rings. The third kappa shape index (κ3) is 4.72. The van der Waals surface area contributed by atoms with Crippen LogP contribution in [-0.4, -0.2) is 24.1 Å². The molecule has 0 spiro atoms. The highest BCUT2D eigenvalue weighted by molar-refractivity contribution is 5.61. The molecule has 1 aromatic heterocycles. The molecule has 0 radical (unpaired) electrons. The summed E-state index contributed by atoms with van der Waals surface area (Å²) >= 11 is 0. The largest absolute Gasteiger partial charge is 0.378 e. The molecule has 26 heavy (non-hydrogen) atoms. The predicted molar refractivity (Wildman–Crippen MR) is 109 cm³/mol. The van der Waals surface area contributed by atoms with Crippen LogP contribution in [0.25, 0.3) is 0 Å². The van der Waals surface area contributed by atoms with Crippen molar-refractivity contribution < 1.29 is 0 Å². The summed E-state index contributed by atoms with van der Waals surface area (Å²) in [5, 5.41) is 6.65. The monoisotopic (exact) mass is 347 g/mol. The van der Waals surface area contributed by atoms with Gasteiger partial charge in [-0.15, -0.1) is 0 Å². The summed E-state index contributed by atoms with van der Waals surface area (Å²) in [5.41, 5.74) is 5.54. The molecule has 0 bridgehead atoms. The lowest BCUT2D eigenvalue weighted by molar-refractivity contribution is 1.03. The minimum Gasteiger partial charge on any atom is -0.378 e. The first-order chi connectivity index (χ1) is 12.5. The Hall–Kier alpha value is -3.08. The van der Waals surface area contributed by atoms with Gasteiger partial charge in [0.25, 0.3) is 0 Å². The fourth-order valence-electron chi connectivity index (χ4n) is 2.59. The lowest BCUT2D eigenvalue weighted by atomic mass is 10.1. The first kappa shape index (κ1) is 17.7. The smallest absolute Gasteiger partial charge is 0.225 e. The van der Waals surface area contributed by atoms with Crippen LogP contribution < -0.4 is 15.5 Å². The minimum atomic E-state index is 0.623. The predicted octanol–water partition coefficient (Wildman–Crippen LogP) is 4.52. The van der Waals surface area contributed by atoms with E-state index >= 15 is 0 Å². The molecular weight excluding hydrogens is 322 g/mol. The van der Waals surface area contributed by atoms with Gasteiger partial charge in [-0.25, -0.2) is 4.98 Å². The molecular formula is C21H25N5. The summed E-state index contributed by atoms with van der Waals surface area (Å²) < 4.78 is 0. The molecule has 2 N–H and O–H groups in total. The Bertz CT molecular complexity index is 855. The second-order valence-corrected chi connectivity index (χ2v) is 6.62. The molecule has 1 heterocycles. The van der Waals surface area contributed by atoms with E-state index < -0.39 is 0 Å². The van der Waals surface area contributed by atoms with Gasteiger partial charge in [0.05, 0.1) is 0 Å². The van der Waals surface area contributed by atoms with Crippen LogP contribution in [0.4, 0.5) is 23.1 Å². The molecule has 0 aliphatic rings. The van der Waals surface area contributed by atoms with Crippen molar-refractivity contribution in [3.8, 4) is 0 Å². The number of benzene rings is 2. The molecule has 0 atom stereocenters. The van der Waals surface area contributed by atoms with Gasteiger partial charge >= 0.3 is 0 Å². The molecule has 134 valence electrons. The van der Waals surface area contributed by atoms with Gasteiger partial charge in [0.2, 0.25) is 5.95 Å². The summed E-state index contributed by atoms with van der Waals surface area (Å²) in [6.45, 7) is 4.75.